The lowest BCUT2D eigenvalue weighted by Crippen LogP contribution is -2.26. The van der Waals surface area contributed by atoms with E-state index in [1.54, 1.807) is 0 Å². The van der Waals surface area contributed by atoms with Crippen LogP contribution in [0.15, 0.2) is 24.3 Å². The molecule has 0 saturated carbocycles. The van der Waals surface area contributed by atoms with Gasteiger partial charge < -0.3 is 14.8 Å². The number of fused-ring (bicyclic) bond motifs is 1. The minimum atomic E-state index is -0.397. The molecule has 156 valence electrons. The van der Waals surface area contributed by atoms with Crippen molar-refractivity contribution in [3.63, 3.8) is 0 Å². The molecule has 1 amide bonds. The largest absolute Gasteiger partial charge is 0.484 e. The summed E-state index contributed by atoms with van der Waals surface area (Å²) >= 11 is 1.49. The molecule has 3 rings (SSSR count). The van der Waals surface area contributed by atoms with Gasteiger partial charge in [0, 0.05) is 4.88 Å². The standard InChI is InChI=1S/C23H29NO4S/c1-14-7-6-8-16(11-14)28-13-19(25)24-21-20(22(26)27-5)17-10-9-15(23(2,3)4)12-18(17)29-21/h6-8,11,15H,9-10,12-13H2,1-5H3,(H,24,25). The van der Waals surface area contributed by atoms with Crippen LogP contribution in [0.2, 0.25) is 0 Å². The lowest BCUT2D eigenvalue weighted by atomic mass is 9.72. The van der Waals surface area contributed by atoms with Gasteiger partial charge >= 0.3 is 5.97 Å². The molecular formula is C23H29NO4S. The van der Waals surface area contributed by atoms with Gasteiger partial charge in [0.2, 0.25) is 0 Å². The number of benzene rings is 1. The molecule has 0 aliphatic heterocycles. The first-order chi connectivity index (χ1) is 13.7. The van der Waals surface area contributed by atoms with Gasteiger partial charge in [-0.2, -0.15) is 0 Å². The number of rotatable bonds is 5. The maximum atomic E-state index is 12.5. The number of esters is 1. The molecule has 1 unspecified atom stereocenters. The zero-order chi connectivity index (χ0) is 21.2. The molecule has 1 atom stereocenters. The summed E-state index contributed by atoms with van der Waals surface area (Å²) in [5, 5.41) is 3.44. The van der Waals surface area contributed by atoms with E-state index in [1.807, 2.05) is 31.2 Å². The van der Waals surface area contributed by atoms with E-state index < -0.39 is 5.97 Å². The highest BCUT2D eigenvalue weighted by molar-refractivity contribution is 7.17. The third-order valence-electron chi connectivity index (χ3n) is 5.49. The van der Waals surface area contributed by atoms with E-state index in [9.17, 15) is 9.59 Å². The SMILES string of the molecule is COC(=O)c1c(NC(=O)COc2cccc(C)c2)sc2c1CCC(C(C)(C)C)C2. The maximum absolute atomic E-state index is 12.5. The fourth-order valence-corrected chi connectivity index (χ4v) is 5.08. The molecule has 6 heteroatoms. The van der Waals surface area contributed by atoms with E-state index in [2.05, 4.69) is 26.1 Å². The minimum Gasteiger partial charge on any atom is -0.484 e. The Kier molecular flexibility index (Phi) is 6.32. The first-order valence-corrected chi connectivity index (χ1v) is 10.7. The first kappa shape index (κ1) is 21.4. The van der Waals surface area contributed by atoms with E-state index in [-0.39, 0.29) is 17.9 Å². The predicted molar refractivity (Wildman–Crippen MR) is 116 cm³/mol. The fourth-order valence-electron chi connectivity index (χ4n) is 3.75. The van der Waals surface area contributed by atoms with Gasteiger partial charge in [0.1, 0.15) is 10.8 Å². The van der Waals surface area contributed by atoms with Gasteiger partial charge in [-0.25, -0.2) is 4.79 Å². The fraction of sp³-hybridized carbons (Fsp3) is 0.478. The second-order valence-electron chi connectivity index (χ2n) is 8.66. The number of methoxy groups -OCH3 is 1. The average molecular weight is 416 g/mol. The Balaban J connectivity index is 1.77. The number of hydrogen-bond acceptors (Lipinski definition) is 5. The van der Waals surface area contributed by atoms with Gasteiger partial charge in [0.05, 0.1) is 12.7 Å². The molecule has 29 heavy (non-hydrogen) atoms. The Morgan fingerprint density at radius 3 is 2.69 bits per heavy atom. The molecule has 1 aromatic heterocycles. The topological polar surface area (TPSA) is 64.6 Å². The van der Waals surface area contributed by atoms with Crippen LogP contribution in [0.25, 0.3) is 0 Å². The van der Waals surface area contributed by atoms with Crippen molar-refractivity contribution in [2.45, 2.75) is 47.0 Å². The second-order valence-corrected chi connectivity index (χ2v) is 9.76. The molecule has 1 aliphatic carbocycles. The Bertz CT molecular complexity index is 910. The van der Waals surface area contributed by atoms with E-state index >= 15 is 0 Å². The molecule has 1 heterocycles. The van der Waals surface area contributed by atoms with Gasteiger partial charge in [-0.05, 0) is 60.8 Å². The van der Waals surface area contributed by atoms with Crippen LogP contribution >= 0.6 is 11.3 Å². The van der Waals surface area contributed by atoms with Crippen molar-refractivity contribution in [1.29, 1.82) is 0 Å². The first-order valence-electron chi connectivity index (χ1n) is 9.91. The van der Waals surface area contributed by atoms with Crippen LogP contribution < -0.4 is 10.1 Å². The van der Waals surface area contributed by atoms with Crippen molar-refractivity contribution in [1.82, 2.24) is 0 Å². The van der Waals surface area contributed by atoms with Crippen molar-refractivity contribution in [3.8, 4) is 5.75 Å². The molecule has 1 aliphatic rings. The van der Waals surface area contributed by atoms with E-state index in [4.69, 9.17) is 9.47 Å². The molecular weight excluding hydrogens is 386 g/mol. The van der Waals surface area contributed by atoms with Crippen LogP contribution in [0.4, 0.5) is 5.00 Å². The van der Waals surface area contributed by atoms with E-state index in [0.29, 0.717) is 22.2 Å². The third kappa shape index (κ3) is 4.99. The Hall–Kier alpha value is -2.34. The number of carbonyl (C=O) groups is 2. The molecule has 1 aromatic carbocycles. The number of nitrogens with one attached hydrogen (secondary N) is 1. The molecule has 0 saturated heterocycles. The smallest absolute Gasteiger partial charge is 0.341 e. The van der Waals surface area contributed by atoms with Crippen molar-refractivity contribution in [2.75, 3.05) is 19.0 Å². The van der Waals surface area contributed by atoms with Gasteiger partial charge in [-0.15, -0.1) is 11.3 Å². The van der Waals surface area contributed by atoms with Crippen LogP contribution in [0.1, 0.15) is 53.6 Å². The number of hydrogen-bond donors (Lipinski definition) is 1. The van der Waals surface area contributed by atoms with E-state index in [1.165, 1.54) is 23.3 Å². The van der Waals surface area contributed by atoms with Crippen molar-refractivity contribution >= 4 is 28.2 Å². The number of carbonyl (C=O) groups excluding carboxylic acids is 2. The lowest BCUT2D eigenvalue weighted by Gasteiger charge is -2.33. The maximum Gasteiger partial charge on any atom is 0.341 e. The van der Waals surface area contributed by atoms with Gasteiger partial charge in [-0.3, -0.25) is 4.79 Å². The van der Waals surface area contributed by atoms with Crippen LogP contribution in [0.5, 0.6) is 5.75 Å². The van der Waals surface area contributed by atoms with Gasteiger partial charge in [0.15, 0.2) is 6.61 Å². The molecule has 0 bridgehead atoms. The van der Waals surface area contributed by atoms with Crippen LogP contribution in [-0.4, -0.2) is 25.6 Å². The molecule has 5 nitrogen and oxygen atoms in total. The van der Waals surface area contributed by atoms with E-state index in [0.717, 1.165) is 30.4 Å². The third-order valence-corrected chi connectivity index (χ3v) is 6.66. The van der Waals surface area contributed by atoms with Crippen LogP contribution in [-0.2, 0) is 22.4 Å². The average Bonchev–Trinajstić information content (AvgIpc) is 3.02. The summed E-state index contributed by atoms with van der Waals surface area (Å²) in [4.78, 5) is 26.1. The minimum absolute atomic E-state index is 0.114. The zero-order valence-corrected chi connectivity index (χ0v) is 18.6. The van der Waals surface area contributed by atoms with Crippen molar-refractivity contribution < 1.29 is 19.1 Å². The monoisotopic (exact) mass is 415 g/mol. The van der Waals surface area contributed by atoms with Crippen LogP contribution in [0, 0.1) is 18.3 Å². The summed E-state index contributed by atoms with van der Waals surface area (Å²) in [6, 6.07) is 7.55. The summed E-state index contributed by atoms with van der Waals surface area (Å²) in [6.45, 7) is 8.61. The van der Waals surface area contributed by atoms with Gasteiger partial charge in [0.25, 0.3) is 5.91 Å². The zero-order valence-electron chi connectivity index (χ0n) is 17.8. The normalized spacial score (nSPS) is 16.1. The Labute approximate surface area is 176 Å². The Morgan fingerprint density at radius 2 is 2.03 bits per heavy atom. The summed E-state index contributed by atoms with van der Waals surface area (Å²) in [7, 11) is 1.37. The molecule has 0 fully saturated rings. The predicted octanol–water partition coefficient (Wildman–Crippen LogP) is 5.01. The summed E-state index contributed by atoms with van der Waals surface area (Å²) in [6.07, 6.45) is 2.78. The quantitative estimate of drug-likeness (QED) is 0.697. The second kappa shape index (κ2) is 8.57. The number of amides is 1. The number of ether oxygens (including phenoxy) is 2. The summed E-state index contributed by atoms with van der Waals surface area (Å²) < 4.78 is 10.6. The molecule has 1 N–H and O–H groups in total. The van der Waals surface area contributed by atoms with Crippen molar-refractivity contribution in [2.24, 2.45) is 11.3 Å². The highest BCUT2D eigenvalue weighted by Gasteiger charge is 2.34. The number of anilines is 1. The number of thiophene rings is 1. The highest BCUT2D eigenvalue weighted by atomic mass is 32.1. The molecule has 0 radical (unpaired) electrons. The van der Waals surface area contributed by atoms with Crippen molar-refractivity contribution in [3.05, 3.63) is 45.8 Å². The molecule has 2 aromatic rings. The van der Waals surface area contributed by atoms with Gasteiger partial charge in [-0.1, -0.05) is 32.9 Å². The highest BCUT2D eigenvalue weighted by Crippen LogP contribution is 2.44. The number of aryl methyl sites for hydroxylation is 1. The summed E-state index contributed by atoms with van der Waals surface area (Å²) in [5.74, 6) is 0.508. The summed E-state index contributed by atoms with van der Waals surface area (Å²) in [5.41, 5.74) is 2.80. The molecule has 0 spiro atoms. The lowest BCUT2D eigenvalue weighted by molar-refractivity contribution is -0.118. The Morgan fingerprint density at radius 1 is 1.28 bits per heavy atom. The van der Waals surface area contributed by atoms with Crippen LogP contribution in [0.3, 0.4) is 0 Å².